The van der Waals surface area contributed by atoms with Crippen LogP contribution in [0.5, 0.6) is 0 Å². The lowest BCUT2D eigenvalue weighted by Crippen LogP contribution is -1.92. The van der Waals surface area contributed by atoms with Gasteiger partial charge in [0.15, 0.2) is 0 Å². The Bertz CT molecular complexity index is 4150. The SMILES string of the molecule is Cc1cc(C)c(-c2cc(-c3cccc(-c4ccccc4)c3)cc3c2oc2c(-c4cccc(-c5cnc6c7ccccc7c7ccccc7c6n5)c4)cc(-c4cccc(-c5ccccc5)c4)cc23)c(C)c1. The third-order valence-corrected chi connectivity index (χ3v) is 14.1. The van der Waals surface area contributed by atoms with Crippen LogP contribution in [0.3, 0.4) is 0 Å². The standard InChI is InChI=1S/C67H46N2O/c1-41-31-42(2)63(43(3)32-41)61-39-53(49-24-15-22-47(34-49)45-19-8-5-9-20-45)38-60-59-37-52(48-23-14-21-46(33-48)44-17-6-4-7-18-44)36-58(66(59)70-67(60)61)50-25-16-26-51(35-50)62-40-68-64-56-29-12-10-27-54(56)55-28-11-13-30-57(55)65(64)69-62/h4-40H,1-3H3. The number of aryl methyl sites for hydroxylation is 3. The van der Waals surface area contributed by atoms with Gasteiger partial charge >= 0.3 is 0 Å². The average molecular weight is 895 g/mol. The second kappa shape index (κ2) is 16.7. The van der Waals surface area contributed by atoms with Crippen LogP contribution in [-0.4, -0.2) is 9.97 Å². The molecule has 3 nitrogen and oxygen atoms in total. The van der Waals surface area contributed by atoms with Crippen LogP contribution < -0.4 is 0 Å². The Morgan fingerprint density at radius 1 is 0.314 bits per heavy atom. The highest BCUT2D eigenvalue weighted by atomic mass is 16.3. The summed E-state index contributed by atoms with van der Waals surface area (Å²) in [4.78, 5) is 10.5. The number of aromatic nitrogens is 2. The molecule has 0 bridgehead atoms. The average Bonchev–Trinajstić information content (AvgIpc) is 3.79. The van der Waals surface area contributed by atoms with Crippen molar-refractivity contribution in [3.8, 4) is 78.0 Å². The molecule has 0 saturated heterocycles. The van der Waals surface area contributed by atoms with Crippen LogP contribution in [-0.2, 0) is 0 Å². The third kappa shape index (κ3) is 7.05. The maximum absolute atomic E-state index is 7.40. The van der Waals surface area contributed by atoms with Gasteiger partial charge in [-0.25, -0.2) is 4.98 Å². The molecular weight excluding hydrogens is 849 g/mol. The summed E-state index contributed by atoms with van der Waals surface area (Å²) in [7, 11) is 0. The molecule has 0 aliphatic carbocycles. The zero-order valence-corrected chi connectivity index (χ0v) is 39.2. The van der Waals surface area contributed by atoms with Crippen molar-refractivity contribution in [2.24, 2.45) is 0 Å². The second-order valence-electron chi connectivity index (χ2n) is 18.7. The quantitative estimate of drug-likeness (QED) is 0.150. The minimum atomic E-state index is 0.817. The van der Waals surface area contributed by atoms with Crippen LogP contribution in [0.1, 0.15) is 16.7 Å². The van der Waals surface area contributed by atoms with E-state index in [0.717, 1.165) is 93.9 Å². The van der Waals surface area contributed by atoms with E-state index in [4.69, 9.17) is 14.4 Å². The number of benzene rings is 11. The van der Waals surface area contributed by atoms with Crippen molar-refractivity contribution in [2.75, 3.05) is 0 Å². The molecule has 2 heterocycles. The molecule has 0 aliphatic heterocycles. The minimum absolute atomic E-state index is 0.817. The lowest BCUT2D eigenvalue weighted by atomic mass is 9.89. The molecule has 0 radical (unpaired) electrons. The molecule has 13 aromatic rings. The summed E-state index contributed by atoms with van der Waals surface area (Å²) in [5.41, 5.74) is 22.6. The molecule has 0 aliphatic rings. The van der Waals surface area contributed by atoms with Crippen LogP contribution in [0.15, 0.2) is 229 Å². The second-order valence-corrected chi connectivity index (χ2v) is 18.7. The van der Waals surface area contributed by atoms with E-state index in [9.17, 15) is 0 Å². The normalized spacial score (nSPS) is 11.6. The smallest absolute Gasteiger partial charge is 0.143 e. The summed E-state index contributed by atoms with van der Waals surface area (Å²) in [6.07, 6.45) is 1.93. The van der Waals surface area contributed by atoms with E-state index in [-0.39, 0.29) is 0 Å². The molecule has 0 atom stereocenters. The van der Waals surface area contributed by atoms with Crippen molar-refractivity contribution in [2.45, 2.75) is 20.8 Å². The van der Waals surface area contributed by atoms with E-state index in [1.807, 2.05) is 6.20 Å². The molecule has 0 fully saturated rings. The molecule has 0 saturated carbocycles. The summed E-state index contributed by atoms with van der Waals surface area (Å²) in [6.45, 7) is 6.62. The van der Waals surface area contributed by atoms with Gasteiger partial charge in [0.05, 0.1) is 22.9 Å². The van der Waals surface area contributed by atoms with Crippen molar-refractivity contribution in [3.63, 3.8) is 0 Å². The van der Waals surface area contributed by atoms with Crippen molar-refractivity contribution < 1.29 is 4.42 Å². The summed E-state index contributed by atoms with van der Waals surface area (Å²) in [5, 5.41) is 6.69. The van der Waals surface area contributed by atoms with E-state index in [2.05, 4.69) is 239 Å². The van der Waals surface area contributed by atoms with Gasteiger partial charge in [0.1, 0.15) is 11.2 Å². The van der Waals surface area contributed by atoms with Gasteiger partial charge in [-0.1, -0.05) is 181 Å². The van der Waals surface area contributed by atoms with Gasteiger partial charge in [-0.15, -0.1) is 0 Å². The van der Waals surface area contributed by atoms with Gasteiger partial charge in [0.25, 0.3) is 0 Å². The Kier molecular flexibility index (Phi) is 9.85. The fourth-order valence-corrected chi connectivity index (χ4v) is 10.9. The number of furan rings is 1. The van der Waals surface area contributed by atoms with E-state index in [1.54, 1.807) is 0 Å². The lowest BCUT2D eigenvalue weighted by molar-refractivity contribution is 0.671. The molecular formula is C67H46N2O. The van der Waals surface area contributed by atoms with Gasteiger partial charge in [0.2, 0.25) is 0 Å². The Labute approximate surface area is 407 Å². The lowest BCUT2D eigenvalue weighted by Gasteiger charge is -2.14. The highest BCUT2D eigenvalue weighted by Gasteiger charge is 2.22. The number of rotatable bonds is 7. The van der Waals surface area contributed by atoms with E-state index in [1.165, 1.54) is 55.3 Å². The Hall–Kier alpha value is -8.92. The van der Waals surface area contributed by atoms with E-state index < -0.39 is 0 Å². The number of hydrogen-bond acceptors (Lipinski definition) is 3. The van der Waals surface area contributed by atoms with Gasteiger partial charge in [0, 0.05) is 38.2 Å². The molecule has 70 heavy (non-hydrogen) atoms. The first-order valence-corrected chi connectivity index (χ1v) is 24.0. The molecule has 3 heteroatoms. The van der Waals surface area contributed by atoms with Crippen LogP contribution in [0.25, 0.3) is 133 Å². The molecule has 11 aromatic carbocycles. The Morgan fingerprint density at radius 3 is 1.31 bits per heavy atom. The number of hydrogen-bond donors (Lipinski definition) is 0. The summed E-state index contributed by atoms with van der Waals surface area (Å²) < 4.78 is 7.40. The molecule has 0 unspecified atom stereocenters. The minimum Gasteiger partial charge on any atom is -0.455 e. The van der Waals surface area contributed by atoms with Crippen LogP contribution in [0.2, 0.25) is 0 Å². The third-order valence-electron chi connectivity index (χ3n) is 14.1. The Morgan fingerprint density at radius 2 is 0.743 bits per heavy atom. The van der Waals surface area contributed by atoms with Gasteiger partial charge in [-0.2, -0.15) is 0 Å². The molecule has 13 rings (SSSR count). The highest BCUT2D eigenvalue weighted by Crippen LogP contribution is 2.47. The predicted molar refractivity (Wildman–Crippen MR) is 294 cm³/mol. The molecule has 0 amide bonds. The largest absolute Gasteiger partial charge is 0.455 e. The molecule has 0 N–H and O–H groups in total. The van der Waals surface area contributed by atoms with Crippen molar-refractivity contribution in [1.82, 2.24) is 9.97 Å². The fraction of sp³-hybridized carbons (Fsp3) is 0.0448. The number of fused-ring (bicyclic) bond motifs is 9. The van der Waals surface area contributed by atoms with Crippen molar-refractivity contribution in [3.05, 3.63) is 241 Å². The summed E-state index contributed by atoms with van der Waals surface area (Å²) in [6, 6.07) is 78.7. The number of nitrogens with zero attached hydrogens (tertiary/aromatic N) is 2. The molecule has 2 aromatic heterocycles. The molecule has 0 spiro atoms. The topological polar surface area (TPSA) is 38.9 Å². The maximum Gasteiger partial charge on any atom is 0.143 e. The predicted octanol–water partition coefficient (Wildman–Crippen LogP) is 18.4. The maximum atomic E-state index is 7.40. The van der Waals surface area contributed by atoms with Crippen LogP contribution in [0.4, 0.5) is 0 Å². The van der Waals surface area contributed by atoms with E-state index in [0.29, 0.717) is 0 Å². The Balaban J connectivity index is 1.07. The van der Waals surface area contributed by atoms with Gasteiger partial charge in [-0.3, -0.25) is 4.98 Å². The van der Waals surface area contributed by atoms with Crippen molar-refractivity contribution >= 4 is 54.5 Å². The summed E-state index contributed by atoms with van der Waals surface area (Å²) in [5.74, 6) is 0. The van der Waals surface area contributed by atoms with Crippen LogP contribution in [0, 0.1) is 20.8 Å². The first-order valence-electron chi connectivity index (χ1n) is 24.0. The molecule has 330 valence electrons. The summed E-state index contributed by atoms with van der Waals surface area (Å²) >= 11 is 0. The zero-order valence-electron chi connectivity index (χ0n) is 39.2. The monoisotopic (exact) mass is 894 g/mol. The zero-order chi connectivity index (χ0) is 46.9. The van der Waals surface area contributed by atoms with E-state index >= 15 is 0 Å². The van der Waals surface area contributed by atoms with Gasteiger partial charge in [-0.05, 0) is 141 Å². The highest BCUT2D eigenvalue weighted by molar-refractivity contribution is 6.23. The van der Waals surface area contributed by atoms with Gasteiger partial charge < -0.3 is 4.42 Å². The van der Waals surface area contributed by atoms with Crippen LogP contribution >= 0.6 is 0 Å². The first-order chi connectivity index (χ1) is 34.4. The first kappa shape index (κ1) is 41.3. The van der Waals surface area contributed by atoms with Crippen molar-refractivity contribution in [1.29, 1.82) is 0 Å². The fourth-order valence-electron chi connectivity index (χ4n) is 10.9.